The quantitative estimate of drug-likeness (QED) is 0.829. The molecule has 0 aliphatic rings. The molecule has 0 heterocycles. The molecule has 1 unspecified atom stereocenters. The number of carbonyl (C=O) groups is 1. The Morgan fingerprint density at radius 3 is 2.30 bits per heavy atom. The van der Waals surface area contributed by atoms with E-state index in [-0.39, 0.29) is 11.9 Å². The standard InChI is InChI=1S/C17H18ClNO/c1-13(15-6-4-3-5-7-15)19(2)17(20)12-14-8-10-16(18)11-9-14/h3-11,13H,12H2,1-2H3. The molecule has 0 saturated heterocycles. The van der Waals surface area contributed by atoms with Gasteiger partial charge in [-0.2, -0.15) is 0 Å². The summed E-state index contributed by atoms with van der Waals surface area (Å²) in [6.45, 7) is 2.04. The Bertz CT molecular complexity index is 565. The number of likely N-dealkylation sites (N-methyl/N-ethyl adjacent to an activating group) is 1. The highest BCUT2D eigenvalue weighted by Gasteiger charge is 2.17. The van der Waals surface area contributed by atoms with Crippen LogP contribution in [-0.4, -0.2) is 17.9 Å². The molecule has 0 saturated carbocycles. The summed E-state index contributed by atoms with van der Waals surface area (Å²) in [4.78, 5) is 14.1. The Kier molecular flexibility index (Phi) is 4.80. The third kappa shape index (κ3) is 3.61. The summed E-state index contributed by atoms with van der Waals surface area (Å²) in [5.74, 6) is 0.101. The van der Waals surface area contributed by atoms with Crippen molar-refractivity contribution in [3.63, 3.8) is 0 Å². The SMILES string of the molecule is CC(c1ccccc1)N(C)C(=O)Cc1ccc(Cl)cc1. The third-order valence-corrected chi connectivity index (χ3v) is 3.78. The first-order valence-electron chi connectivity index (χ1n) is 6.63. The second-order valence-electron chi connectivity index (χ2n) is 4.89. The minimum absolute atomic E-state index is 0.0657. The fourth-order valence-corrected chi connectivity index (χ4v) is 2.20. The minimum atomic E-state index is 0.0657. The molecule has 1 atom stereocenters. The van der Waals surface area contributed by atoms with Crippen LogP contribution < -0.4 is 0 Å². The molecule has 0 aliphatic heterocycles. The summed E-state index contributed by atoms with van der Waals surface area (Å²) >= 11 is 5.85. The zero-order chi connectivity index (χ0) is 14.5. The number of carbonyl (C=O) groups excluding carboxylic acids is 1. The molecule has 0 N–H and O–H groups in total. The first-order valence-corrected chi connectivity index (χ1v) is 7.01. The van der Waals surface area contributed by atoms with Crippen LogP contribution in [0, 0.1) is 0 Å². The van der Waals surface area contributed by atoms with Gasteiger partial charge in [-0.25, -0.2) is 0 Å². The van der Waals surface area contributed by atoms with Gasteiger partial charge in [0.2, 0.25) is 5.91 Å². The summed E-state index contributed by atoms with van der Waals surface area (Å²) in [5, 5.41) is 0.687. The number of halogens is 1. The maximum absolute atomic E-state index is 12.3. The summed E-state index contributed by atoms with van der Waals surface area (Å²) in [6.07, 6.45) is 0.394. The van der Waals surface area contributed by atoms with E-state index in [1.54, 1.807) is 4.90 Å². The molecule has 0 aliphatic carbocycles. The molecule has 0 aromatic heterocycles. The molecule has 0 spiro atoms. The highest BCUT2D eigenvalue weighted by atomic mass is 35.5. The van der Waals surface area contributed by atoms with Gasteiger partial charge in [-0.15, -0.1) is 0 Å². The van der Waals surface area contributed by atoms with Crippen LogP contribution in [0.5, 0.6) is 0 Å². The lowest BCUT2D eigenvalue weighted by atomic mass is 10.1. The molecule has 0 fully saturated rings. The van der Waals surface area contributed by atoms with E-state index in [9.17, 15) is 4.79 Å². The Balaban J connectivity index is 2.03. The number of hydrogen-bond acceptors (Lipinski definition) is 1. The predicted octanol–water partition coefficient (Wildman–Crippen LogP) is 4.10. The van der Waals surface area contributed by atoms with Crippen LogP contribution in [0.25, 0.3) is 0 Å². The van der Waals surface area contributed by atoms with Crippen LogP contribution >= 0.6 is 11.6 Å². The van der Waals surface area contributed by atoms with E-state index in [4.69, 9.17) is 11.6 Å². The molecule has 2 rings (SSSR count). The lowest BCUT2D eigenvalue weighted by Gasteiger charge is -2.25. The van der Waals surface area contributed by atoms with Crippen LogP contribution in [0.1, 0.15) is 24.1 Å². The maximum atomic E-state index is 12.3. The van der Waals surface area contributed by atoms with Crippen LogP contribution in [0.15, 0.2) is 54.6 Å². The van der Waals surface area contributed by atoms with Crippen molar-refractivity contribution >= 4 is 17.5 Å². The van der Waals surface area contributed by atoms with Crippen molar-refractivity contribution in [1.82, 2.24) is 4.90 Å². The lowest BCUT2D eigenvalue weighted by Crippen LogP contribution is -2.30. The molecular weight excluding hydrogens is 270 g/mol. The van der Waals surface area contributed by atoms with E-state index in [2.05, 4.69) is 0 Å². The molecule has 2 aromatic carbocycles. The largest absolute Gasteiger partial charge is 0.339 e. The molecule has 2 aromatic rings. The number of nitrogens with zero attached hydrogens (tertiary/aromatic N) is 1. The topological polar surface area (TPSA) is 20.3 Å². The van der Waals surface area contributed by atoms with Gasteiger partial charge in [0.1, 0.15) is 0 Å². The summed E-state index contributed by atoms with van der Waals surface area (Å²) in [7, 11) is 1.84. The molecule has 104 valence electrons. The van der Waals surface area contributed by atoms with Gasteiger partial charge >= 0.3 is 0 Å². The zero-order valence-electron chi connectivity index (χ0n) is 11.7. The fourth-order valence-electron chi connectivity index (χ4n) is 2.07. The number of rotatable bonds is 4. The molecule has 0 radical (unpaired) electrons. The molecule has 2 nitrogen and oxygen atoms in total. The summed E-state index contributed by atoms with van der Waals surface area (Å²) in [6, 6.07) is 17.5. The average molecular weight is 288 g/mol. The number of benzene rings is 2. The minimum Gasteiger partial charge on any atom is -0.339 e. The molecule has 0 bridgehead atoms. The Hall–Kier alpha value is -1.80. The van der Waals surface area contributed by atoms with Crippen molar-refractivity contribution in [2.75, 3.05) is 7.05 Å². The van der Waals surface area contributed by atoms with Gasteiger partial charge in [0.15, 0.2) is 0 Å². The maximum Gasteiger partial charge on any atom is 0.227 e. The normalized spacial score (nSPS) is 11.9. The van der Waals surface area contributed by atoms with Crippen LogP contribution in [-0.2, 0) is 11.2 Å². The van der Waals surface area contributed by atoms with Crippen LogP contribution in [0.4, 0.5) is 0 Å². The van der Waals surface area contributed by atoms with E-state index in [0.29, 0.717) is 11.4 Å². The monoisotopic (exact) mass is 287 g/mol. The molecule has 1 amide bonds. The van der Waals surface area contributed by atoms with Crippen LogP contribution in [0.3, 0.4) is 0 Å². The van der Waals surface area contributed by atoms with Crippen molar-refractivity contribution in [3.05, 3.63) is 70.7 Å². The van der Waals surface area contributed by atoms with Crippen molar-refractivity contribution in [3.8, 4) is 0 Å². The molecular formula is C17H18ClNO. The predicted molar refractivity (Wildman–Crippen MR) is 82.8 cm³/mol. The van der Waals surface area contributed by atoms with Gasteiger partial charge < -0.3 is 4.90 Å². The van der Waals surface area contributed by atoms with Crippen molar-refractivity contribution < 1.29 is 4.79 Å². The van der Waals surface area contributed by atoms with Gasteiger partial charge in [0.05, 0.1) is 12.5 Å². The fraction of sp³-hybridized carbons (Fsp3) is 0.235. The first-order chi connectivity index (χ1) is 9.58. The van der Waals surface area contributed by atoms with Gasteiger partial charge in [-0.05, 0) is 30.2 Å². The van der Waals surface area contributed by atoms with Crippen LogP contribution in [0.2, 0.25) is 5.02 Å². The van der Waals surface area contributed by atoms with Gasteiger partial charge in [0, 0.05) is 12.1 Å². The lowest BCUT2D eigenvalue weighted by molar-refractivity contribution is -0.131. The Labute approximate surface area is 125 Å². The molecule has 20 heavy (non-hydrogen) atoms. The zero-order valence-corrected chi connectivity index (χ0v) is 12.5. The van der Waals surface area contributed by atoms with E-state index < -0.39 is 0 Å². The third-order valence-electron chi connectivity index (χ3n) is 3.52. The second-order valence-corrected chi connectivity index (χ2v) is 5.33. The van der Waals surface area contributed by atoms with E-state index in [0.717, 1.165) is 11.1 Å². The van der Waals surface area contributed by atoms with Crippen molar-refractivity contribution in [2.45, 2.75) is 19.4 Å². The highest BCUT2D eigenvalue weighted by molar-refractivity contribution is 6.30. The second kappa shape index (κ2) is 6.58. The Morgan fingerprint density at radius 1 is 1.10 bits per heavy atom. The first kappa shape index (κ1) is 14.6. The van der Waals surface area contributed by atoms with Gasteiger partial charge in [-0.1, -0.05) is 54.1 Å². The van der Waals surface area contributed by atoms with Crippen molar-refractivity contribution in [2.24, 2.45) is 0 Å². The van der Waals surface area contributed by atoms with Gasteiger partial charge in [-0.3, -0.25) is 4.79 Å². The summed E-state index contributed by atoms with van der Waals surface area (Å²) in [5.41, 5.74) is 2.12. The highest BCUT2D eigenvalue weighted by Crippen LogP contribution is 2.19. The molecule has 3 heteroatoms. The van der Waals surface area contributed by atoms with E-state index >= 15 is 0 Å². The van der Waals surface area contributed by atoms with E-state index in [1.807, 2.05) is 68.6 Å². The summed E-state index contributed by atoms with van der Waals surface area (Å²) < 4.78 is 0. The average Bonchev–Trinajstić information content (AvgIpc) is 2.49. The van der Waals surface area contributed by atoms with Crippen molar-refractivity contribution in [1.29, 1.82) is 0 Å². The smallest absolute Gasteiger partial charge is 0.227 e. The van der Waals surface area contributed by atoms with Gasteiger partial charge in [0.25, 0.3) is 0 Å². The van der Waals surface area contributed by atoms with E-state index in [1.165, 1.54) is 0 Å². The number of hydrogen-bond donors (Lipinski definition) is 0. The Morgan fingerprint density at radius 2 is 1.70 bits per heavy atom. The number of amides is 1.